The van der Waals surface area contributed by atoms with E-state index in [1.165, 1.54) is 10.2 Å². The van der Waals surface area contributed by atoms with Crippen molar-refractivity contribution < 1.29 is 13.9 Å². The molecular weight excluding hydrogens is 510 g/mol. The predicted molar refractivity (Wildman–Crippen MR) is 144 cm³/mol. The zero-order valence-corrected chi connectivity index (χ0v) is 21.7. The molecule has 2 N–H and O–H groups in total. The number of methoxy groups -OCH3 is 1. The fourth-order valence-electron chi connectivity index (χ4n) is 4.62. The molecule has 0 atom stereocenters. The molecule has 1 saturated heterocycles. The number of rotatable bonds is 9. The van der Waals surface area contributed by atoms with Crippen molar-refractivity contribution in [2.24, 2.45) is 0 Å². The van der Waals surface area contributed by atoms with Gasteiger partial charge in [-0.25, -0.2) is 9.67 Å². The SMILES string of the molecule is COCCOc1ccc(N2CCN(CCn3ncc4c3nc(N)n3nc(-c5ccc(Cl)o5)nc43)CC2)cc1. The van der Waals surface area contributed by atoms with Gasteiger partial charge in [-0.3, -0.25) is 4.90 Å². The van der Waals surface area contributed by atoms with Crippen molar-refractivity contribution in [1.82, 2.24) is 34.3 Å². The second-order valence-electron chi connectivity index (χ2n) is 9.01. The molecule has 5 heterocycles. The van der Waals surface area contributed by atoms with Crippen LogP contribution in [0, 0.1) is 0 Å². The quantitative estimate of drug-likeness (QED) is 0.280. The van der Waals surface area contributed by atoms with Gasteiger partial charge in [0.1, 0.15) is 12.4 Å². The summed E-state index contributed by atoms with van der Waals surface area (Å²) < 4.78 is 19.5. The van der Waals surface area contributed by atoms with Gasteiger partial charge in [0, 0.05) is 45.5 Å². The first-order valence-electron chi connectivity index (χ1n) is 12.4. The summed E-state index contributed by atoms with van der Waals surface area (Å²) in [6, 6.07) is 11.6. The monoisotopic (exact) mass is 537 g/mol. The molecule has 6 rings (SSSR count). The van der Waals surface area contributed by atoms with E-state index >= 15 is 0 Å². The lowest BCUT2D eigenvalue weighted by atomic mass is 10.2. The lowest BCUT2D eigenvalue weighted by Gasteiger charge is -2.36. The van der Waals surface area contributed by atoms with Gasteiger partial charge in [-0.05, 0) is 48.0 Å². The van der Waals surface area contributed by atoms with Crippen LogP contribution in [0.1, 0.15) is 0 Å². The number of ether oxygens (including phenoxy) is 2. The van der Waals surface area contributed by atoms with E-state index in [1.54, 1.807) is 25.4 Å². The smallest absolute Gasteiger partial charge is 0.225 e. The number of hydrogen-bond donors (Lipinski definition) is 1. The molecule has 13 heteroatoms. The van der Waals surface area contributed by atoms with Crippen LogP contribution in [0.4, 0.5) is 11.6 Å². The Morgan fingerprint density at radius 2 is 1.79 bits per heavy atom. The second kappa shape index (κ2) is 10.5. The van der Waals surface area contributed by atoms with Crippen molar-refractivity contribution >= 4 is 39.9 Å². The number of fused-ring (bicyclic) bond motifs is 3. The molecule has 38 heavy (non-hydrogen) atoms. The Kier molecular flexibility index (Phi) is 6.75. The van der Waals surface area contributed by atoms with Crippen molar-refractivity contribution in [1.29, 1.82) is 0 Å². The van der Waals surface area contributed by atoms with Crippen molar-refractivity contribution in [3.63, 3.8) is 0 Å². The Balaban J connectivity index is 1.09. The fourth-order valence-corrected chi connectivity index (χ4v) is 4.77. The minimum absolute atomic E-state index is 0.231. The van der Waals surface area contributed by atoms with Crippen LogP contribution in [-0.2, 0) is 11.3 Å². The summed E-state index contributed by atoms with van der Waals surface area (Å²) in [5.41, 5.74) is 8.67. The van der Waals surface area contributed by atoms with Crippen LogP contribution in [0.25, 0.3) is 28.3 Å². The van der Waals surface area contributed by atoms with Crippen molar-refractivity contribution in [3.05, 3.63) is 47.8 Å². The maximum absolute atomic E-state index is 6.22. The van der Waals surface area contributed by atoms with E-state index in [-0.39, 0.29) is 11.2 Å². The first-order chi connectivity index (χ1) is 18.6. The van der Waals surface area contributed by atoms with Crippen LogP contribution in [0.15, 0.2) is 47.0 Å². The number of piperazine rings is 1. The number of nitrogens with two attached hydrogens (primary N) is 1. The third kappa shape index (κ3) is 4.85. The maximum atomic E-state index is 6.22. The number of furan rings is 1. The summed E-state index contributed by atoms with van der Waals surface area (Å²) in [5.74, 6) is 1.94. The summed E-state index contributed by atoms with van der Waals surface area (Å²) in [6.07, 6.45) is 1.76. The highest BCUT2D eigenvalue weighted by Crippen LogP contribution is 2.26. The van der Waals surface area contributed by atoms with Crippen LogP contribution in [0.2, 0.25) is 5.22 Å². The van der Waals surface area contributed by atoms with E-state index < -0.39 is 0 Å². The molecule has 5 aromatic rings. The van der Waals surface area contributed by atoms with Crippen molar-refractivity contribution in [2.75, 3.05) is 63.7 Å². The molecule has 0 aliphatic carbocycles. The second-order valence-corrected chi connectivity index (χ2v) is 9.39. The number of anilines is 2. The summed E-state index contributed by atoms with van der Waals surface area (Å²) in [6.45, 7) is 6.50. The number of halogens is 1. The number of nitrogen functional groups attached to an aromatic ring is 1. The Labute approximate surface area is 223 Å². The van der Waals surface area contributed by atoms with Crippen LogP contribution >= 0.6 is 11.6 Å². The molecule has 1 fully saturated rings. The highest BCUT2D eigenvalue weighted by molar-refractivity contribution is 6.28. The van der Waals surface area contributed by atoms with Gasteiger partial charge in [-0.15, -0.1) is 5.10 Å². The van der Waals surface area contributed by atoms with Gasteiger partial charge in [0.25, 0.3) is 0 Å². The van der Waals surface area contributed by atoms with Gasteiger partial charge in [0.15, 0.2) is 22.3 Å². The highest BCUT2D eigenvalue weighted by atomic mass is 35.5. The van der Waals surface area contributed by atoms with Crippen molar-refractivity contribution in [3.8, 4) is 17.3 Å². The lowest BCUT2D eigenvalue weighted by Crippen LogP contribution is -2.47. The Hall–Kier alpha value is -3.87. The fraction of sp³-hybridized carbons (Fsp3) is 0.360. The summed E-state index contributed by atoms with van der Waals surface area (Å²) in [4.78, 5) is 14.0. The molecule has 0 saturated carbocycles. The normalized spacial score (nSPS) is 14.6. The van der Waals surface area contributed by atoms with Crippen LogP contribution in [0.5, 0.6) is 5.75 Å². The molecule has 12 nitrogen and oxygen atoms in total. The molecule has 0 spiro atoms. The molecule has 198 valence electrons. The zero-order chi connectivity index (χ0) is 26.1. The van der Waals surface area contributed by atoms with Gasteiger partial charge < -0.3 is 24.5 Å². The summed E-state index contributed by atoms with van der Waals surface area (Å²) >= 11 is 5.91. The summed E-state index contributed by atoms with van der Waals surface area (Å²) in [7, 11) is 1.67. The molecule has 1 aliphatic heterocycles. The Morgan fingerprint density at radius 1 is 0.974 bits per heavy atom. The van der Waals surface area contributed by atoms with Crippen LogP contribution in [0.3, 0.4) is 0 Å². The minimum Gasteiger partial charge on any atom is -0.491 e. The zero-order valence-electron chi connectivity index (χ0n) is 21.0. The van der Waals surface area contributed by atoms with E-state index in [4.69, 9.17) is 31.2 Å². The number of hydrogen-bond acceptors (Lipinski definition) is 10. The number of benzene rings is 1. The first kappa shape index (κ1) is 24.5. The standard InChI is InChI=1S/C25H28ClN9O3/c1-36-14-15-37-18-4-2-17(3-5-18)33-11-8-32(9-12-33)10-13-34-23-19(16-28-34)24-29-22(20-6-7-21(26)38-20)31-35(24)25(27)30-23/h2-7,16H,8-15H2,1H3,(H2,27,30). The van der Waals surface area contributed by atoms with E-state index in [1.807, 2.05) is 16.8 Å². The Morgan fingerprint density at radius 3 is 2.53 bits per heavy atom. The molecule has 4 aromatic heterocycles. The highest BCUT2D eigenvalue weighted by Gasteiger charge is 2.20. The van der Waals surface area contributed by atoms with Crippen LogP contribution in [-0.4, -0.2) is 87.3 Å². The average Bonchev–Trinajstić information content (AvgIpc) is 3.67. The molecule has 0 radical (unpaired) electrons. The lowest BCUT2D eigenvalue weighted by molar-refractivity contribution is 0.146. The van der Waals surface area contributed by atoms with Gasteiger partial charge in [-0.1, -0.05) is 0 Å². The first-order valence-corrected chi connectivity index (χ1v) is 12.8. The van der Waals surface area contributed by atoms with Gasteiger partial charge in [0.2, 0.25) is 11.8 Å². The molecule has 0 amide bonds. The topological polar surface area (TPSA) is 125 Å². The number of aromatic nitrogens is 6. The maximum Gasteiger partial charge on any atom is 0.225 e. The van der Waals surface area contributed by atoms with E-state index in [0.717, 1.165) is 43.9 Å². The summed E-state index contributed by atoms with van der Waals surface area (Å²) in [5, 5.41) is 10.0. The molecule has 0 bridgehead atoms. The van der Waals surface area contributed by atoms with Gasteiger partial charge in [-0.2, -0.15) is 14.6 Å². The predicted octanol–water partition coefficient (Wildman–Crippen LogP) is 2.82. The number of nitrogens with zero attached hydrogens (tertiary/aromatic N) is 8. The third-order valence-electron chi connectivity index (χ3n) is 6.65. The van der Waals surface area contributed by atoms with Crippen molar-refractivity contribution in [2.45, 2.75) is 6.54 Å². The van der Waals surface area contributed by atoms with Gasteiger partial charge >= 0.3 is 0 Å². The largest absolute Gasteiger partial charge is 0.491 e. The average molecular weight is 538 g/mol. The van der Waals surface area contributed by atoms with E-state index in [2.05, 4.69) is 42.1 Å². The molecule has 1 aliphatic rings. The molecule has 0 unspecified atom stereocenters. The third-order valence-corrected chi connectivity index (χ3v) is 6.85. The molecule has 1 aromatic carbocycles. The minimum atomic E-state index is 0.231. The van der Waals surface area contributed by atoms with E-state index in [9.17, 15) is 0 Å². The molecular formula is C25H28ClN9O3. The van der Waals surface area contributed by atoms with Crippen LogP contribution < -0.4 is 15.4 Å². The Bertz CT molecular complexity index is 1540. The van der Waals surface area contributed by atoms with E-state index in [0.29, 0.717) is 42.6 Å². The van der Waals surface area contributed by atoms with Gasteiger partial charge in [0.05, 0.1) is 24.7 Å².